The summed E-state index contributed by atoms with van der Waals surface area (Å²) in [5.41, 5.74) is 9.37. The van der Waals surface area contributed by atoms with Gasteiger partial charge < -0.3 is 5.73 Å². The van der Waals surface area contributed by atoms with Crippen LogP contribution in [0.15, 0.2) is 12.1 Å². The summed E-state index contributed by atoms with van der Waals surface area (Å²) in [5.74, 6) is 0.661. The Kier molecular flexibility index (Phi) is 3.33. The number of rotatable bonds is 2. The Hall–Kier alpha value is -0.550. The Morgan fingerprint density at radius 1 is 1.38 bits per heavy atom. The van der Waals surface area contributed by atoms with Crippen molar-refractivity contribution in [1.82, 2.24) is 0 Å². The summed E-state index contributed by atoms with van der Waals surface area (Å²) < 4.78 is 0. The lowest BCUT2D eigenvalue weighted by Gasteiger charge is -2.11. The van der Waals surface area contributed by atoms with Crippen LogP contribution in [0.4, 0.5) is 5.69 Å². The molecule has 13 heavy (non-hydrogen) atoms. The van der Waals surface area contributed by atoms with Gasteiger partial charge in [0.1, 0.15) is 0 Å². The van der Waals surface area contributed by atoms with Crippen LogP contribution in [0, 0.1) is 12.8 Å². The quantitative estimate of drug-likeness (QED) is 0.568. The van der Waals surface area contributed by atoms with Crippen LogP contribution >= 0.6 is 9.24 Å². The first kappa shape index (κ1) is 10.5. The van der Waals surface area contributed by atoms with E-state index >= 15 is 0 Å². The third-order valence-corrected chi connectivity index (χ3v) is 2.78. The van der Waals surface area contributed by atoms with Crippen molar-refractivity contribution in [2.24, 2.45) is 5.92 Å². The van der Waals surface area contributed by atoms with Crippen molar-refractivity contribution in [2.75, 3.05) is 5.73 Å². The van der Waals surface area contributed by atoms with Gasteiger partial charge >= 0.3 is 0 Å². The van der Waals surface area contributed by atoms with Crippen molar-refractivity contribution < 1.29 is 0 Å². The van der Waals surface area contributed by atoms with Crippen LogP contribution < -0.4 is 11.0 Å². The Morgan fingerprint density at radius 3 is 2.54 bits per heavy atom. The molecule has 0 aliphatic carbocycles. The summed E-state index contributed by atoms with van der Waals surface area (Å²) in [4.78, 5) is 0. The first-order valence-electron chi connectivity index (χ1n) is 4.65. The van der Waals surface area contributed by atoms with Gasteiger partial charge in [0.2, 0.25) is 0 Å². The Labute approximate surface area is 82.9 Å². The van der Waals surface area contributed by atoms with E-state index in [1.54, 1.807) is 0 Å². The molecule has 72 valence electrons. The molecule has 0 amide bonds. The molecule has 0 aromatic heterocycles. The fraction of sp³-hybridized carbons (Fsp3) is 0.455. The van der Waals surface area contributed by atoms with Gasteiger partial charge in [0.15, 0.2) is 0 Å². The molecule has 0 aliphatic heterocycles. The monoisotopic (exact) mass is 195 g/mol. The lowest BCUT2D eigenvalue weighted by atomic mass is 10.00. The molecule has 1 unspecified atom stereocenters. The SMILES string of the molecule is Cc1cc(N)c(CC(C)C)cc1P. The highest BCUT2D eigenvalue weighted by Crippen LogP contribution is 2.17. The second-order valence-corrected chi connectivity index (χ2v) is 4.63. The maximum absolute atomic E-state index is 5.93. The number of hydrogen-bond donors (Lipinski definition) is 1. The predicted molar refractivity (Wildman–Crippen MR) is 63.5 cm³/mol. The predicted octanol–water partition coefficient (Wildman–Crippen LogP) is 2.28. The molecule has 2 heteroatoms. The van der Waals surface area contributed by atoms with Gasteiger partial charge in [0, 0.05) is 5.69 Å². The van der Waals surface area contributed by atoms with Crippen LogP contribution in [-0.4, -0.2) is 0 Å². The van der Waals surface area contributed by atoms with Gasteiger partial charge in [-0.15, -0.1) is 9.24 Å². The third-order valence-electron chi connectivity index (χ3n) is 2.16. The molecular formula is C11H18NP. The number of anilines is 1. The molecule has 1 atom stereocenters. The molecule has 0 spiro atoms. The smallest absolute Gasteiger partial charge is 0.0349 e. The van der Waals surface area contributed by atoms with E-state index in [0.717, 1.165) is 12.1 Å². The zero-order valence-electron chi connectivity index (χ0n) is 8.59. The van der Waals surface area contributed by atoms with Crippen molar-refractivity contribution in [3.05, 3.63) is 23.3 Å². The van der Waals surface area contributed by atoms with Gasteiger partial charge in [-0.3, -0.25) is 0 Å². The maximum Gasteiger partial charge on any atom is 0.0349 e. The third kappa shape index (κ3) is 2.70. The van der Waals surface area contributed by atoms with Crippen LogP contribution in [0.25, 0.3) is 0 Å². The molecule has 0 aliphatic rings. The second kappa shape index (κ2) is 4.11. The average molecular weight is 195 g/mol. The minimum Gasteiger partial charge on any atom is -0.398 e. The molecule has 1 aromatic rings. The standard InChI is InChI=1S/C11H18NP/c1-7(2)4-9-6-11(13)8(3)5-10(9)12/h5-7H,4,12-13H2,1-3H3. The van der Waals surface area contributed by atoms with Crippen molar-refractivity contribution in [2.45, 2.75) is 27.2 Å². The fourth-order valence-electron chi connectivity index (χ4n) is 1.41. The van der Waals surface area contributed by atoms with Crippen LogP contribution in [0.5, 0.6) is 0 Å². The molecule has 0 fully saturated rings. The largest absolute Gasteiger partial charge is 0.398 e. The van der Waals surface area contributed by atoms with Crippen LogP contribution in [0.1, 0.15) is 25.0 Å². The normalized spacial score (nSPS) is 10.8. The van der Waals surface area contributed by atoms with Crippen LogP contribution in [0.2, 0.25) is 0 Å². The van der Waals surface area contributed by atoms with E-state index < -0.39 is 0 Å². The van der Waals surface area contributed by atoms with Crippen LogP contribution in [-0.2, 0) is 6.42 Å². The van der Waals surface area contributed by atoms with Crippen LogP contribution in [0.3, 0.4) is 0 Å². The van der Waals surface area contributed by atoms with E-state index in [0.29, 0.717) is 5.92 Å². The molecule has 1 aromatic carbocycles. The Balaban J connectivity index is 3.01. The molecule has 1 nitrogen and oxygen atoms in total. The summed E-state index contributed by atoms with van der Waals surface area (Å²) in [6.45, 7) is 6.50. The minimum atomic E-state index is 0.661. The van der Waals surface area contributed by atoms with Gasteiger partial charge in [0.25, 0.3) is 0 Å². The minimum absolute atomic E-state index is 0.661. The van der Waals surface area contributed by atoms with Crippen molar-refractivity contribution in [3.8, 4) is 0 Å². The second-order valence-electron chi connectivity index (χ2n) is 4.01. The first-order valence-corrected chi connectivity index (χ1v) is 5.23. The average Bonchev–Trinajstić information content (AvgIpc) is 1.99. The van der Waals surface area contributed by atoms with E-state index in [1.165, 1.54) is 16.4 Å². The van der Waals surface area contributed by atoms with Crippen molar-refractivity contribution >= 4 is 20.2 Å². The number of nitrogen functional groups attached to an aromatic ring is 1. The summed E-state index contributed by atoms with van der Waals surface area (Å²) >= 11 is 0. The van der Waals surface area contributed by atoms with Crippen molar-refractivity contribution in [3.63, 3.8) is 0 Å². The van der Waals surface area contributed by atoms with E-state index in [2.05, 4.69) is 42.1 Å². The lowest BCUT2D eigenvalue weighted by Crippen LogP contribution is -2.06. The topological polar surface area (TPSA) is 26.0 Å². The maximum atomic E-state index is 5.93. The first-order chi connectivity index (χ1) is 6.00. The summed E-state index contributed by atoms with van der Waals surface area (Å²) in [6, 6.07) is 4.23. The number of benzene rings is 1. The van der Waals surface area contributed by atoms with Crippen molar-refractivity contribution in [1.29, 1.82) is 0 Å². The molecule has 0 bridgehead atoms. The lowest BCUT2D eigenvalue weighted by molar-refractivity contribution is 0.648. The molecule has 0 saturated carbocycles. The van der Waals surface area contributed by atoms with E-state index in [4.69, 9.17) is 5.73 Å². The number of hydrogen-bond acceptors (Lipinski definition) is 1. The summed E-state index contributed by atoms with van der Waals surface area (Å²) in [5, 5.41) is 1.25. The Morgan fingerprint density at radius 2 is 2.00 bits per heavy atom. The highest BCUT2D eigenvalue weighted by Gasteiger charge is 2.04. The molecule has 0 radical (unpaired) electrons. The summed E-state index contributed by atoms with van der Waals surface area (Å²) in [7, 11) is 2.75. The zero-order valence-corrected chi connectivity index (χ0v) is 9.75. The molecular weight excluding hydrogens is 177 g/mol. The van der Waals surface area contributed by atoms with E-state index in [-0.39, 0.29) is 0 Å². The molecule has 0 saturated heterocycles. The summed E-state index contributed by atoms with van der Waals surface area (Å²) in [6.07, 6.45) is 1.06. The number of nitrogens with two attached hydrogens (primary N) is 1. The van der Waals surface area contributed by atoms with Gasteiger partial charge in [0.05, 0.1) is 0 Å². The zero-order chi connectivity index (χ0) is 10.0. The van der Waals surface area contributed by atoms with E-state index in [1.807, 2.05) is 0 Å². The van der Waals surface area contributed by atoms with Gasteiger partial charge in [-0.2, -0.15) is 0 Å². The highest BCUT2D eigenvalue weighted by atomic mass is 31.0. The fourth-order valence-corrected chi connectivity index (χ4v) is 1.70. The van der Waals surface area contributed by atoms with Gasteiger partial charge in [-0.1, -0.05) is 13.8 Å². The molecule has 1 rings (SSSR count). The van der Waals surface area contributed by atoms with Gasteiger partial charge in [-0.25, -0.2) is 0 Å². The highest BCUT2D eigenvalue weighted by molar-refractivity contribution is 7.27. The number of aryl methyl sites for hydroxylation is 1. The molecule has 2 N–H and O–H groups in total. The Bertz CT molecular complexity index is 305. The van der Waals surface area contributed by atoms with E-state index in [9.17, 15) is 0 Å². The molecule has 0 heterocycles. The van der Waals surface area contributed by atoms with Gasteiger partial charge in [-0.05, 0) is 47.8 Å².